The molecule has 0 aliphatic carbocycles. The van der Waals surface area contributed by atoms with Gasteiger partial charge in [-0.1, -0.05) is 12.1 Å². The molecule has 0 saturated heterocycles. The smallest absolute Gasteiger partial charge is 0.239 e. The average Bonchev–Trinajstić information content (AvgIpc) is 2.57. The van der Waals surface area contributed by atoms with Crippen LogP contribution in [0.15, 0.2) is 36.9 Å². The van der Waals surface area contributed by atoms with Crippen LogP contribution in [-0.2, 0) is 7.05 Å². The van der Waals surface area contributed by atoms with Gasteiger partial charge in [0.15, 0.2) is 0 Å². The van der Waals surface area contributed by atoms with E-state index in [1.54, 1.807) is 0 Å². The Morgan fingerprint density at radius 1 is 1.21 bits per heavy atom. The molecule has 2 rings (SSSR count). The Labute approximate surface area is 84.4 Å². The number of nitrogens with zero attached hydrogens (tertiary/aromatic N) is 2. The lowest BCUT2D eigenvalue weighted by Gasteiger charge is -2.03. The van der Waals surface area contributed by atoms with Crippen molar-refractivity contribution in [2.24, 2.45) is 7.05 Å². The van der Waals surface area contributed by atoms with E-state index in [4.69, 9.17) is 0 Å². The van der Waals surface area contributed by atoms with Gasteiger partial charge in [0, 0.05) is 0 Å². The molecule has 0 aliphatic heterocycles. The number of imidazole rings is 1. The second-order valence-electron chi connectivity index (χ2n) is 3.71. The second kappa shape index (κ2) is 3.29. The summed E-state index contributed by atoms with van der Waals surface area (Å²) in [5.74, 6) is 0. The van der Waals surface area contributed by atoms with Crippen LogP contribution >= 0.6 is 0 Å². The lowest BCUT2D eigenvalue weighted by Crippen LogP contribution is -2.23. The first-order valence-corrected chi connectivity index (χ1v) is 4.78. The van der Waals surface area contributed by atoms with Crippen molar-refractivity contribution in [1.82, 2.24) is 4.57 Å². The molecule has 2 aromatic rings. The number of benzene rings is 1. The van der Waals surface area contributed by atoms with Gasteiger partial charge >= 0.3 is 0 Å². The van der Waals surface area contributed by atoms with Gasteiger partial charge in [-0.3, -0.25) is 0 Å². The molecular weight excluding hydrogens is 172 g/mol. The van der Waals surface area contributed by atoms with Crippen molar-refractivity contribution in [2.75, 3.05) is 0 Å². The van der Waals surface area contributed by atoms with Crippen LogP contribution in [0.25, 0.3) is 5.69 Å². The fourth-order valence-corrected chi connectivity index (χ4v) is 1.61. The van der Waals surface area contributed by atoms with Gasteiger partial charge in [-0.25, -0.2) is 9.13 Å². The summed E-state index contributed by atoms with van der Waals surface area (Å²) in [6, 6.07) is 6.38. The normalized spacial score (nSPS) is 10.5. The highest BCUT2D eigenvalue weighted by Gasteiger charge is 2.07. The minimum Gasteiger partial charge on any atom is -0.239 e. The molecule has 0 spiro atoms. The van der Waals surface area contributed by atoms with Crippen LogP contribution < -0.4 is 4.57 Å². The fourth-order valence-electron chi connectivity index (χ4n) is 1.61. The molecule has 72 valence electrons. The largest absolute Gasteiger partial charge is 0.248 e. The van der Waals surface area contributed by atoms with Crippen LogP contribution in [0.4, 0.5) is 0 Å². The van der Waals surface area contributed by atoms with E-state index < -0.39 is 0 Å². The summed E-state index contributed by atoms with van der Waals surface area (Å²) < 4.78 is 4.18. The third kappa shape index (κ3) is 1.43. The number of hydrogen-bond donors (Lipinski definition) is 0. The van der Waals surface area contributed by atoms with Crippen LogP contribution in [0.3, 0.4) is 0 Å². The summed E-state index contributed by atoms with van der Waals surface area (Å²) in [6.45, 7) is 4.30. The number of aromatic nitrogens is 2. The van der Waals surface area contributed by atoms with E-state index in [1.807, 2.05) is 17.8 Å². The maximum Gasteiger partial charge on any atom is 0.248 e. The zero-order valence-corrected chi connectivity index (χ0v) is 8.86. The zero-order chi connectivity index (χ0) is 10.1. The van der Waals surface area contributed by atoms with Crippen molar-refractivity contribution in [2.45, 2.75) is 13.8 Å². The summed E-state index contributed by atoms with van der Waals surface area (Å²) in [4.78, 5) is 0. The van der Waals surface area contributed by atoms with Crippen molar-refractivity contribution in [3.05, 3.63) is 48.0 Å². The highest BCUT2D eigenvalue weighted by atomic mass is 15.1. The molecule has 0 atom stereocenters. The van der Waals surface area contributed by atoms with Gasteiger partial charge in [-0.05, 0) is 31.0 Å². The molecule has 0 bridgehead atoms. The Balaban J connectivity index is 2.57. The molecule has 1 heterocycles. The molecule has 2 nitrogen and oxygen atoms in total. The van der Waals surface area contributed by atoms with Crippen LogP contribution in [0.1, 0.15) is 11.1 Å². The molecule has 1 aromatic carbocycles. The standard InChI is InChI=1S/C12H15N2/c1-10-5-4-6-12(11(10)2)14-8-7-13(3)9-14/h4-9H,1-3H3/q+1. The molecule has 0 fully saturated rings. The summed E-state index contributed by atoms with van der Waals surface area (Å²) in [5, 5.41) is 0. The van der Waals surface area contributed by atoms with Crippen molar-refractivity contribution < 1.29 is 4.57 Å². The Kier molecular flexibility index (Phi) is 2.12. The lowest BCUT2D eigenvalue weighted by atomic mass is 10.1. The van der Waals surface area contributed by atoms with E-state index in [-0.39, 0.29) is 0 Å². The Morgan fingerprint density at radius 2 is 2.00 bits per heavy atom. The molecule has 0 radical (unpaired) electrons. The van der Waals surface area contributed by atoms with Crippen LogP contribution in [-0.4, -0.2) is 4.57 Å². The number of hydrogen-bond acceptors (Lipinski definition) is 0. The third-order valence-corrected chi connectivity index (χ3v) is 2.62. The fraction of sp³-hybridized carbons (Fsp3) is 0.250. The first-order chi connectivity index (χ1) is 6.68. The average molecular weight is 187 g/mol. The first-order valence-electron chi connectivity index (χ1n) is 4.78. The summed E-state index contributed by atoms with van der Waals surface area (Å²) in [5.41, 5.74) is 3.92. The molecule has 0 N–H and O–H groups in total. The highest BCUT2D eigenvalue weighted by Crippen LogP contribution is 2.16. The van der Waals surface area contributed by atoms with E-state index in [0.29, 0.717) is 0 Å². The van der Waals surface area contributed by atoms with Gasteiger partial charge in [0.25, 0.3) is 0 Å². The Morgan fingerprint density at radius 3 is 2.64 bits per heavy atom. The monoisotopic (exact) mass is 187 g/mol. The summed E-state index contributed by atoms with van der Waals surface area (Å²) in [6.07, 6.45) is 6.19. The summed E-state index contributed by atoms with van der Waals surface area (Å²) >= 11 is 0. The Hall–Kier alpha value is -1.57. The topological polar surface area (TPSA) is 8.81 Å². The van der Waals surface area contributed by atoms with Crippen molar-refractivity contribution in [3.63, 3.8) is 0 Å². The molecule has 0 saturated carbocycles. The molecule has 0 amide bonds. The van der Waals surface area contributed by atoms with Gasteiger partial charge in [-0.15, -0.1) is 0 Å². The number of rotatable bonds is 1. The molecular formula is C12H15N2+. The lowest BCUT2D eigenvalue weighted by molar-refractivity contribution is -0.670. The van der Waals surface area contributed by atoms with Gasteiger partial charge in [-0.2, -0.15) is 0 Å². The predicted molar refractivity (Wildman–Crippen MR) is 56.4 cm³/mol. The molecule has 1 aromatic heterocycles. The van der Waals surface area contributed by atoms with Crippen LogP contribution in [0, 0.1) is 13.8 Å². The predicted octanol–water partition coefficient (Wildman–Crippen LogP) is 1.92. The van der Waals surface area contributed by atoms with Crippen molar-refractivity contribution in [3.8, 4) is 5.69 Å². The van der Waals surface area contributed by atoms with Crippen LogP contribution in [0.2, 0.25) is 0 Å². The third-order valence-electron chi connectivity index (χ3n) is 2.62. The van der Waals surface area contributed by atoms with Gasteiger partial charge < -0.3 is 0 Å². The van der Waals surface area contributed by atoms with Crippen molar-refractivity contribution in [1.29, 1.82) is 0 Å². The number of aryl methyl sites for hydroxylation is 2. The molecule has 14 heavy (non-hydrogen) atoms. The molecule has 0 aliphatic rings. The maximum atomic E-state index is 2.16. The summed E-state index contributed by atoms with van der Waals surface area (Å²) in [7, 11) is 2.03. The quantitative estimate of drug-likeness (QED) is 0.603. The highest BCUT2D eigenvalue weighted by molar-refractivity contribution is 5.44. The van der Waals surface area contributed by atoms with E-state index in [9.17, 15) is 0 Å². The second-order valence-corrected chi connectivity index (χ2v) is 3.71. The van der Waals surface area contributed by atoms with E-state index in [2.05, 4.69) is 49.1 Å². The van der Waals surface area contributed by atoms with E-state index in [0.717, 1.165) is 0 Å². The van der Waals surface area contributed by atoms with Crippen molar-refractivity contribution >= 4 is 0 Å². The minimum absolute atomic E-state index is 1.26. The SMILES string of the molecule is Cc1cccc(-n2cc[n+](C)c2)c1C. The Bertz CT molecular complexity index is 455. The van der Waals surface area contributed by atoms with E-state index >= 15 is 0 Å². The maximum absolute atomic E-state index is 2.16. The first kappa shape index (κ1) is 9.00. The molecule has 2 heteroatoms. The van der Waals surface area contributed by atoms with E-state index in [1.165, 1.54) is 16.8 Å². The van der Waals surface area contributed by atoms with Gasteiger partial charge in [0.1, 0.15) is 18.1 Å². The van der Waals surface area contributed by atoms with Gasteiger partial charge in [0.2, 0.25) is 6.33 Å². The molecule has 0 unspecified atom stereocenters. The zero-order valence-electron chi connectivity index (χ0n) is 8.86. The minimum atomic E-state index is 1.26. The van der Waals surface area contributed by atoms with Crippen LogP contribution in [0.5, 0.6) is 0 Å². The van der Waals surface area contributed by atoms with Gasteiger partial charge in [0.05, 0.1) is 7.05 Å².